The third-order valence-corrected chi connectivity index (χ3v) is 6.34. The fourth-order valence-corrected chi connectivity index (χ4v) is 4.87. The zero-order valence-electron chi connectivity index (χ0n) is 18.4. The molecule has 4 rings (SSSR count). The fraction of sp³-hybridized carbons (Fsp3) is 0.333. The lowest BCUT2D eigenvalue weighted by Crippen LogP contribution is -2.51. The van der Waals surface area contributed by atoms with Crippen molar-refractivity contribution in [3.05, 3.63) is 47.5 Å². The highest BCUT2D eigenvalue weighted by Crippen LogP contribution is 2.39. The highest BCUT2D eigenvalue weighted by Gasteiger charge is 2.58. The lowest BCUT2D eigenvalue weighted by Gasteiger charge is -2.26. The van der Waals surface area contributed by atoms with Crippen LogP contribution in [-0.4, -0.2) is 67.0 Å². The largest absolute Gasteiger partial charge is 0.394 e. The number of nitrogens with one attached hydrogen (secondary N) is 2. The number of aryl methyl sites for hydroxylation is 1. The molecule has 0 spiro atoms. The van der Waals surface area contributed by atoms with E-state index in [1.54, 1.807) is 11.6 Å². The SMILES string of the molecule is Cc1cc(-c2c(F)cccc2F)c2c(NC(=O)N3C[C@@H](NS(C)(=O)=O)C(F)(F)[C@H]3CO)noc2c1. The number of anilines is 1. The van der Waals surface area contributed by atoms with Gasteiger partial charge in [0, 0.05) is 12.1 Å². The third kappa shape index (κ3) is 4.56. The van der Waals surface area contributed by atoms with Crippen LogP contribution in [0.1, 0.15) is 5.56 Å². The second-order valence-corrected chi connectivity index (χ2v) is 9.99. The van der Waals surface area contributed by atoms with Gasteiger partial charge in [0.1, 0.15) is 23.7 Å². The number of aliphatic hydroxyl groups excluding tert-OH is 1. The highest BCUT2D eigenvalue weighted by atomic mass is 32.2. The van der Waals surface area contributed by atoms with Crippen molar-refractivity contribution >= 4 is 32.8 Å². The molecule has 14 heteroatoms. The number of hydrogen-bond acceptors (Lipinski definition) is 6. The summed E-state index contributed by atoms with van der Waals surface area (Å²) in [6, 6.07) is 1.04. The molecule has 2 amide bonds. The first-order chi connectivity index (χ1) is 16.3. The minimum atomic E-state index is -4.06. The van der Waals surface area contributed by atoms with E-state index in [2.05, 4.69) is 10.5 Å². The van der Waals surface area contributed by atoms with Gasteiger partial charge < -0.3 is 14.5 Å². The molecule has 0 radical (unpaired) electrons. The summed E-state index contributed by atoms with van der Waals surface area (Å²) < 4.78 is 88.5. The number of carbonyl (C=O) groups is 1. The molecule has 1 aromatic heterocycles. The fourth-order valence-electron chi connectivity index (χ4n) is 4.13. The number of rotatable bonds is 5. The van der Waals surface area contributed by atoms with Gasteiger partial charge in [-0.1, -0.05) is 17.3 Å². The van der Waals surface area contributed by atoms with Crippen LogP contribution in [0.25, 0.3) is 22.1 Å². The summed E-state index contributed by atoms with van der Waals surface area (Å²) in [6.07, 6.45) is 0.687. The highest BCUT2D eigenvalue weighted by molar-refractivity contribution is 7.88. The molecule has 188 valence electrons. The average Bonchev–Trinajstić information content (AvgIpc) is 3.24. The van der Waals surface area contributed by atoms with E-state index < -0.39 is 64.4 Å². The second kappa shape index (κ2) is 8.77. The Morgan fingerprint density at radius 3 is 2.54 bits per heavy atom. The van der Waals surface area contributed by atoms with Crippen molar-refractivity contribution in [1.82, 2.24) is 14.8 Å². The van der Waals surface area contributed by atoms with Crippen molar-refractivity contribution in [3.8, 4) is 11.1 Å². The van der Waals surface area contributed by atoms with Crippen LogP contribution in [0.3, 0.4) is 0 Å². The van der Waals surface area contributed by atoms with Crippen LogP contribution in [0.15, 0.2) is 34.9 Å². The molecule has 0 aliphatic carbocycles. The van der Waals surface area contributed by atoms with Gasteiger partial charge in [0.15, 0.2) is 11.4 Å². The van der Waals surface area contributed by atoms with Gasteiger partial charge in [0.05, 0.1) is 23.8 Å². The summed E-state index contributed by atoms with van der Waals surface area (Å²) >= 11 is 0. The Kier molecular flexibility index (Phi) is 6.23. The van der Waals surface area contributed by atoms with Crippen LogP contribution in [0, 0.1) is 18.6 Å². The first kappa shape index (κ1) is 24.9. The van der Waals surface area contributed by atoms with E-state index in [1.807, 2.05) is 0 Å². The molecule has 2 heterocycles. The number of hydrogen-bond donors (Lipinski definition) is 3. The minimum absolute atomic E-state index is 0.00855. The number of nitrogens with zero attached hydrogens (tertiary/aromatic N) is 2. The van der Waals surface area contributed by atoms with Gasteiger partial charge in [-0.3, -0.25) is 5.32 Å². The Balaban J connectivity index is 1.73. The Labute approximate surface area is 196 Å². The van der Waals surface area contributed by atoms with Crippen molar-refractivity contribution in [3.63, 3.8) is 0 Å². The van der Waals surface area contributed by atoms with Crippen molar-refractivity contribution < 1.29 is 40.4 Å². The number of aromatic nitrogens is 1. The van der Waals surface area contributed by atoms with Gasteiger partial charge in [0.25, 0.3) is 5.92 Å². The van der Waals surface area contributed by atoms with Crippen molar-refractivity contribution in [2.24, 2.45) is 0 Å². The number of benzene rings is 2. The van der Waals surface area contributed by atoms with Gasteiger partial charge >= 0.3 is 6.03 Å². The molecular formula is C21H20F4N4O5S. The number of carbonyl (C=O) groups excluding carboxylic acids is 1. The quantitative estimate of drug-likeness (QED) is 0.448. The maximum absolute atomic E-state index is 14.7. The van der Waals surface area contributed by atoms with Gasteiger partial charge in [-0.2, -0.15) is 0 Å². The van der Waals surface area contributed by atoms with Gasteiger partial charge in [-0.25, -0.2) is 35.5 Å². The van der Waals surface area contributed by atoms with Crippen LogP contribution < -0.4 is 10.0 Å². The van der Waals surface area contributed by atoms with E-state index in [4.69, 9.17) is 4.52 Å². The van der Waals surface area contributed by atoms with Crippen LogP contribution in [-0.2, 0) is 10.0 Å². The van der Waals surface area contributed by atoms with E-state index in [1.165, 1.54) is 18.2 Å². The zero-order valence-corrected chi connectivity index (χ0v) is 19.2. The molecule has 35 heavy (non-hydrogen) atoms. The first-order valence-corrected chi connectivity index (χ1v) is 12.1. The van der Waals surface area contributed by atoms with E-state index >= 15 is 0 Å². The molecular weight excluding hydrogens is 496 g/mol. The molecule has 2 aromatic carbocycles. The second-order valence-electron chi connectivity index (χ2n) is 8.21. The lowest BCUT2D eigenvalue weighted by atomic mass is 9.98. The van der Waals surface area contributed by atoms with Crippen molar-refractivity contribution in [2.75, 3.05) is 24.7 Å². The first-order valence-electron chi connectivity index (χ1n) is 10.2. The topological polar surface area (TPSA) is 125 Å². The summed E-state index contributed by atoms with van der Waals surface area (Å²) in [5.41, 5.74) is 0.242. The molecule has 1 fully saturated rings. The number of alkyl halides is 2. The predicted octanol–water partition coefficient (Wildman–Crippen LogP) is 2.84. The average molecular weight is 516 g/mol. The third-order valence-electron chi connectivity index (χ3n) is 5.63. The predicted molar refractivity (Wildman–Crippen MR) is 117 cm³/mol. The Morgan fingerprint density at radius 2 is 1.94 bits per heavy atom. The number of urea groups is 1. The number of amides is 2. The molecule has 3 aromatic rings. The summed E-state index contributed by atoms with van der Waals surface area (Å²) in [5.74, 6) is -5.86. The molecule has 0 unspecified atom stereocenters. The molecule has 0 saturated carbocycles. The Hall–Kier alpha value is -3.23. The molecule has 9 nitrogen and oxygen atoms in total. The van der Waals surface area contributed by atoms with Gasteiger partial charge in [-0.15, -0.1) is 0 Å². The standard InChI is InChI=1S/C21H20F4N4O5S/c1-10-6-11(17-12(22)4-3-5-13(17)23)18-14(7-10)34-27-19(18)26-20(31)29-8-15(28-35(2,32)33)21(24,25)16(29)9-30/h3-7,15-16,28,30H,8-9H2,1-2H3,(H,26,27,31)/t15-,16-/m1/s1. The van der Waals surface area contributed by atoms with E-state index in [0.717, 1.165) is 12.1 Å². The molecule has 3 N–H and O–H groups in total. The molecule has 1 saturated heterocycles. The van der Waals surface area contributed by atoms with E-state index in [9.17, 15) is 35.9 Å². The number of halogens is 4. The monoisotopic (exact) mass is 516 g/mol. The number of likely N-dealkylation sites (tertiary alicyclic amines) is 1. The molecule has 0 bridgehead atoms. The number of sulfonamides is 1. The van der Waals surface area contributed by atoms with E-state index in [0.29, 0.717) is 16.7 Å². The maximum Gasteiger partial charge on any atom is 0.323 e. The molecule has 1 aliphatic rings. The molecule has 2 atom stereocenters. The summed E-state index contributed by atoms with van der Waals surface area (Å²) in [4.78, 5) is 13.5. The van der Waals surface area contributed by atoms with Crippen LogP contribution in [0.2, 0.25) is 0 Å². The van der Waals surface area contributed by atoms with Crippen LogP contribution >= 0.6 is 0 Å². The number of fused-ring (bicyclic) bond motifs is 1. The van der Waals surface area contributed by atoms with Gasteiger partial charge in [-0.05, 0) is 30.7 Å². The van der Waals surface area contributed by atoms with Crippen molar-refractivity contribution in [1.29, 1.82) is 0 Å². The van der Waals surface area contributed by atoms with Crippen molar-refractivity contribution in [2.45, 2.75) is 24.9 Å². The minimum Gasteiger partial charge on any atom is -0.394 e. The van der Waals surface area contributed by atoms with Crippen LogP contribution in [0.4, 0.5) is 28.2 Å². The smallest absolute Gasteiger partial charge is 0.323 e. The van der Waals surface area contributed by atoms with Crippen LogP contribution in [0.5, 0.6) is 0 Å². The maximum atomic E-state index is 14.7. The lowest BCUT2D eigenvalue weighted by molar-refractivity contribution is -0.0557. The summed E-state index contributed by atoms with van der Waals surface area (Å²) in [7, 11) is -4.06. The summed E-state index contributed by atoms with van der Waals surface area (Å²) in [5, 5.41) is 15.5. The number of aliphatic hydroxyl groups is 1. The molecule has 1 aliphatic heterocycles. The Morgan fingerprint density at radius 1 is 1.29 bits per heavy atom. The Bertz CT molecular complexity index is 1390. The zero-order chi connectivity index (χ0) is 25.7. The van der Waals surface area contributed by atoms with Gasteiger partial charge in [0.2, 0.25) is 10.0 Å². The van der Waals surface area contributed by atoms with E-state index in [-0.39, 0.29) is 22.4 Å². The summed E-state index contributed by atoms with van der Waals surface area (Å²) in [6.45, 7) is -0.275. The normalized spacial score (nSPS) is 19.9.